The molecule has 0 bridgehead atoms. The van der Waals surface area contributed by atoms with Crippen molar-refractivity contribution in [1.29, 1.82) is 0 Å². The normalized spacial score (nSPS) is 17.3. The van der Waals surface area contributed by atoms with Gasteiger partial charge in [-0.1, -0.05) is 0 Å². The Morgan fingerprint density at radius 3 is 2.59 bits per heavy atom. The minimum Gasteiger partial charge on any atom is -0.477 e. The van der Waals surface area contributed by atoms with E-state index in [2.05, 4.69) is 4.74 Å². The summed E-state index contributed by atoms with van der Waals surface area (Å²) < 4.78 is 49.3. The molecule has 1 fully saturated rings. The lowest BCUT2D eigenvalue weighted by atomic mass is 10.1. The van der Waals surface area contributed by atoms with Crippen molar-refractivity contribution in [3.8, 4) is 5.75 Å². The molecule has 1 heterocycles. The van der Waals surface area contributed by atoms with E-state index in [0.717, 1.165) is 0 Å². The lowest BCUT2D eigenvalue weighted by molar-refractivity contribution is -0.386. The van der Waals surface area contributed by atoms with Crippen molar-refractivity contribution in [2.45, 2.75) is 32.3 Å². The zero-order chi connectivity index (χ0) is 17.2. The van der Waals surface area contributed by atoms with Gasteiger partial charge in [-0.2, -0.15) is 13.2 Å². The number of hydrogen-bond donors (Lipinski definition) is 0. The van der Waals surface area contributed by atoms with Crippen molar-refractivity contribution in [1.82, 2.24) is 0 Å². The molecule has 22 heavy (non-hydrogen) atoms. The molecular weight excluding hydrogens is 301 g/mol. The van der Waals surface area contributed by atoms with Crippen LogP contribution in [-0.2, 0) is 0 Å². The molecule has 122 valence electrons. The van der Waals surface area contributed by atoms with Crippen molar-refractivity contribution < 1.29 is 24.2 Å². The van der Waals surface area contributed by atoms with E-state index in [1.807, 2.05) is 4.90 Å². The van der Waals surface area contributed by atoms with Gasteiger partial charge in [0.05, 0.1) is 4.92 Å². The van der Waals surface area contributed by atoms with Crippen LogP contribution in [0.4, 0.5) is 24.5 Å². The van der Waals surface area contributed by atoms with E-state index in [1.165, 1.54) is 12.1 Å². The van der Waals surface area contributed by atoms with Gasteiger partial charge >= 0.3 is 11.9 Å². The van der Waals surface area contributed by atoms with Gasteiger partial charge in [0.2, 0.25) is 0 Å². The van der Waals surface area contributed by atoms with Gasteiger partial charge in [0.15, 0.2) is 12.4 Å². The molecule has 2 rings (SSSR count). The predicted molar refractivity (Wildman–Crippen MR) is 75.4 cm³/mol. The summed E-state index contributed by atoms with van der Waals surface area (Å²) in [4.78, 5) is 12.2. The van der Waals surface area contributed by atoms with Gasteiger partial charge in [-0.3, -0.25) is 10.1 Å². The molecule has 1 aliphatic heterocycles. The van der Waals surface area contributed by atoms with Gasteiger partial charge in [0.1, 0.15) is 0 Å². The van der Waals surface area contributed by atoms with Gasteiger partial charge in [0, 0.05) is 32.3 Å². The maximum absolute atomic E-state index is 12.3. The van der Waals surface area contributed by atoms with Crippen LogP contribution in [0.1, 0.15) is 26.2 Å². The Hall–Kier alpha value is -1.99. The molecule has 1 saturated heterocycles. The van der Waals surface area contributed by atoms with Crippen LogP contribution >= 0.6 is 0 Å². The van der Waals surface area contributed by atoms with E-state index in [1.54, 1.807) is 6.92 Å². The summed E-state index contributed by atoms with van der Waals surface area (Å²) in [6.07, 6.45) is -3.42. The molecule has 1 aromatic carbocycles. The molecule has 0 amide bonds. The SMILES string of the molecule is [2H]C1CCN(c2cc(OCC(F)(F)F)c([N+](=O)[O-])cc2C)CC1. The fourth-order valence-corrected chi connectivity index (χ4v) is 2.41. The van der Waals surface area contributed by atoms with Crippen LogP contribution in [0.25, 0.3) is 0 Å². The van der Waals surface area contributed by atoms with E-state index in [-0.39, 0.29) is 12.1 Å². The number of ether oxygens (including phenoxy) is 1. The van der Waals surface area contributed by atoms with Crippen molar-refractivity contribution in [3.63, 3.8) is 0 Å². The van der Waals surface area contributed by atoms with Gasteiger partial charge in [0.25, 0.3) is 0 Å². The Morgan fingerprint density at radius 1 is 1.41 bits per heavy atom. The minimum atomic E-state index is -4.57. The third-order valence-corrected chi connectivity index (χ3v) is 3.41. The van der Waals surface area contributed by atoms with E-state index in [9.17, 15) is 23.3 Å². The largest absolute Gasteiger partial charge is 0.477 e. The number of benzene rings is 1. The number of rotatable bonds is 4. The van der Waals surface area contributed by atoms with Crippen LogP contribution in [-0.4, -0.2) is 30.8 Å². The summed E-state index contributed by atoms with van der Waals surface area (Å²) >= 11 is 0. The maximum Gasteiger partial charge on any atom is 0.422 e. The van der Waals surface area contributed by atoms with Crippen LogP contribution < -0.4 is 9.64 Å². The number of nitro groups is 1. The summed E-state index contributed by atoms with van der Waals surface area (Å²) in [7, 11) is 0. The maximum atomic E-state index is 12.3. The zero-order valence-corrected chi connectivity index (χ0v) is 12.0. The van der Waals surface area contributed by atoms with E-state index >= 15 is 0 Å². The van der Waals surface area contributed by atoms with Crippen LogP contribution in [0.5, 0.6) is 5.75 Å². The first-order valence-corrected chi connectivity index (χ1v) is 6.83. The summed E-state index contributed by atoms with van der Waals surface area (Å²) in [5.41, 5.74) is 0.727. The highest BCUT2D eigenvalue weighted by Gasteiger charge is 2.30. The quantitative estimate of drug-likeness (QED) is 0.625. The van der Waals surface area contributed by atoms with Crippen molar-refractivity contribution in [2.24, 2.45) is 0 Å². The topological polar surface area (TPSA) is 55.6 Å². The lowest BCUT2D eigenvalue weighted by Gasteiger charge is -2.30. The van der Waals surface area contributed by atoms with Crippen molar-refractivity contribution in [3.05, 3.63) is 27.8 Å². The average Bonchev–Trinajstić information content (AvgIpc) is 2.45. The van der Waals surface area contributed by atoms with Gasteiger partial charge in [-0.15, -0.1) is 0 Å². The molecule has 5 nitrogen and oxygen atoms in total. The van der Waals surface area contributed by atoms with E-state index in [0.29, 0.717) is 37.2 Å². The first kappa shape index (κ1) is 14.9. The molecule has 0 N–H and O–H groups in total. The van der Waals surface area contributed by atoms with E-state index in [4.69, 9.17) is 1.37 Å². The van der Waals surface area contributed by atoms with Crippen LogP contribution in [0.15, 0.2) is 12.1 Å². The molecule has 1 aromatic rings. The minimum absolute atomic E-state index is 0.148. The van der Waals surface area contributed by atoms with Crippen LogP contribution in [0.3, 0.4) is 0 Å². The molecule has 1 aliphatic rings. The summed E-state index contributed by atoms with van der Waals surface area (Å²) in [5.74, 6) is -0.388. The molecular formula is C14H17F3N2O3. The first-order valence-electron chi connectivity index (χ1n) is 7.41. The number of nitro benzene ring substituents is 1. The molecule has 0 atom stereocenters. The third kappa shape index (κ3) is 4.02. The van der Waals surface area contributed by atoms with Crippen molar-refractivity contribution in [2.75, 3.05) is 24.6 Å². The number of anilines is 1. The Labute approximate surface area is 127 Å². The predicted octanol–water partition coefficient (Wildman–Crippen LogP) is 3.83. The second-order valence-corrected chi connectivity index (χ2v) is 5.12. The average molecular weight is 319 g/mol. The van der Waals surface area contributed by atoms with Crippen LogP contribution in [0.2, 0.25) is 0 Å². The summed E-state index contributed by atoms with van der Waals surface area (Å²) in [5, 5.41) is 11.0. The van der Waals surface area contributed by atoms with Crippen LogP contribution in [0, 0.1) is 17.0 Å². The number of hydrogen-bond acceptors (Lipinski definition) is 4. The van der Waals surface area contributed by atoms with Gasteiger partial charge < -0.3 is 9.64 Å². The highest BCUT2D eigenvalue weighted by Crippen LogP contribution is 2.36. The summed E-state index contributed by atoms with van der Waals surface area (Å²) in [6, 6.07) is 2.53. The molecule has 0 unspecified atom stereocenters. The van der Waals surface area contributed by atoms with Crippen molar-refractivity contribution >= 4 is 11.4 Å². The molecule has 0 aromatic heterocycles. The molecule has 0 radical (unpaired) electrons. The summed E-state index contributed by atoms with van der Waals surface area (Å²) in [6.45, 7) is 1.27. The Balaban J connectivity index is 2.31. The Bertz CT molecular complexity index is 587. The molecule has 0 spiro atoms. The molecule has 0 aliphatic carbocycles. The van der Waals surface area contributed by atoms with Gasteiger partial charge in [-0.05, 0) is 31.7 Å². The standard InChI is InChI=1S/C14H17F3N2O3/c1-10-7-12(19(20)21)13(22-9-14(15,16)17)8-11(10)18-5-3-2-4-6-18/h7-8H,2-6,9H2,1H3/i2D. The lowest BCUT2D eigenvalue weighted by Crippen LogP contribution is -2.30. The molecule has 0 saturated carbocycles. The fourth-order valence-electron chi connectivity index (χ4n) is 2.41. The Kier molecular flexibility index (Phi) is 4.35. The smallest absolute Gasteiger partial charge is 0.422 e. The Morgan fingerprint density at radius 2 is 2.05 bits per heavy atom. The monoisotopic (exact) mass is 319 g/mol. The zero-order valence-electron chi connectivity index (χ0n) is 13.0. The fraction of sp³-hybridized carbons (Fsp3) is 0.571. The second kappa shape index (κ2) is 6.41. The number of nitrogens with zero attached hydrogens (tertiary/aromatic N) is 2. The van der Waals surface area contributed by atoms with E-state index < -0.39 is 23.4 Å². The molecule has 8 heteroatoms. The van der Waals surface area contributed by atoms with Gasteiger partial charge in [-0.25, -0.2) is 0 Å². The first-order chi connectivity index (χ1) is 10.7. The highest BCUT2D eigenvalue weighted by molar-refractivity contribution is 5.64. The highest BCUT2D eigenvalue weighted by atomic mass is 19.4. The third-order valence-electron chi connectivity index (χ3n) is 3.41. The number of halogens is 3. The number of aryl methyl sites for hydroxylation is 1. The number of alkyl halides is 3. The number of piperidine rings is 1. The second-order valence-electron chi connectivity index (χ2n) is 5.12.